The maximum atomic E-state index is 13.4. The van der Waals surface area contributed by atoms with Gasteiger partial charge in [0.15, 0.2) is 0 Å². The third-order valence-electron chi connectivity index (χ3n) is 5.75. The number of carbonyl (C=O) groups excluding carboxylic acids is 2. The molecule has 2 atom stereocenters. The molecule has 2 amide bonds. The van der Waals surface area contributed by atoms with E-state index in [0.717, 1.165) is 30.6 Å². The summed E-state index contributed by atoms with van der Waals surface area (Å²) in [6.07, 6.45) is 2.21. The van der Waals surface area contributed by atoms with Gasteiger partial charge in [-0.25, -0.2) is 0 Å². The van der Waals surface area contributed by atoms with E-state index in [0.29, 0.717) is 0 Å². The monoisotopic (exact) mass is 348 g/mol. The molecular weight excluding hydrogens is 324 g/mol. The lowest BCUT2D eigenvalue weighted by Crippen LogP contribution is -2.38. The lowest BCUT2D eigenvalue weighted by atomic mass is 9.88. The average molecular weight is 348 g/mol. The van der Waals surface area contributed by atoms with Crippen molar-refractivity contribution >= 4 is 17.5 Å². The van der Waals surface area contributed by atoms with Crippen molar-refractivity contribution in [2.24, 2.45) is 0 Å². The first-order valence-electron chi connectivity index (χ1n) is 9.31. The normalized spacial score (nSPS) is 22.1. The first-order chi connectivity index (χ1) is 12.5. The van der Waals surface area contributed by atoms with E-state index in [1.165, 1.54) is 16.7 Å². The number of anilines is 1. The van der Waals surface area contributed by atoms with Crippen LogP contribution >= 0.6 is 0 Å². The Morgan fingerprint density at radius 1 is 1.12 bits per heavy atom. The minimum Gasteiger partial charge on any atom is -0.335 e. The van der Waals surface area contributed by atoms with Gasteiger partial charge in [0.2, 0.25) is 11.8 Å². The molecule has 1 saturated heterocycles. The van der Waals surface area contributed by atoms with Gasteiger partial charge in [-0.1, -0.05) is 36.4 Å². The number of para-hydroxylation sites is 1. The van der Waals surface area contributed by atoms with Crippen molar-refractivity contribution in [1.82, 2.24) is 4.90 Å². The molecule has 4 nitrogen and oxygen atoms in total. The molecule has 1 N–H and O–H groups in total. The molecule has 0 spiro atoms. The Bertz CT molecular complexity index is 874. The van der Waals surface area contributed by atoms with Crippen LogP contribution in [0.15, 0.2) is 42.5 Å². The number of aryl methyl sites for hydroxylation is 2. The molecule has 2 heterocycles. The van der Waals surface area contributed by atoms with Crippen molar-refractivity contribution < 1.29 is 9.59 Å². The van der Waals surface area contributed by atoms with E-state index in [1.54, 1.807) is 0 Å². The molecule has 1 fully saturated rings. The van der Waals surface area contributed by atoms with Crippen molar-refractivity contribution in [2.75, 3.05) is 11.9 Å². The van der Waals surface area contributed by atoms with Crippen LogP contribution in [0.4, 0.5) is 5.69 Å². The summed E-state index contributed by atoms with van der Waals surface area (Å²) in [4.78, 5) is 27.5. The second-order valence-electron chi connectivity index (χ2n) is 7.43. The number of likely N-dealkylation sites (tertiary alicyclic amines) is 1. The van der Waals surface area contributed by atoms with Gasteiger partial charge in [0.05, 0.1) is 12.0 Å². The number of hydrogen-bond acceptors (Lipinski definition) is 2. The Balaban J connectivity index is 1.65. The number of hydrogen-bond donors (Lipinski definition) is 1. The zero-order valence-electron chi connectivity index (χ0n) is 15.3. The summed E-state index contributed by atoms with van der Waals surface area (Å²) in [6, 6.07) is 14.2. The number of amides is 2. The molecule has 0 radical (unpaired) electrons. The molecular formula is C22H24N2O2. The number of carbonyl (C=O) groups is 2. The summed E-state index contributed by atoms with van der Waals surface area (Å²) in [5.41, 5.74) is 5.42. The van der Waals surface area contributed by atoms with Crippen LogP contribution in [0.3, 0.4) is 0 Å². The fourth-order valence-electron chi connectivity index (χ4n) is 4.18. The zero-order valence-corrected chi connectivity index (χ0v) is 15.3. The van der Waals surface area contributed by atoms with E-state index >= 15 is 0 Å². The summed E-state index contributed by atoms with van der Waals surface area (Å²) in [5.74, 6) is -0.385. The predicted octanol–water partition coefficient (Wildman–Crippen LogP) is 4.09. The molecule has 134 valence electrons. The van der Waals surface area contributed by atoms with Crippen molar-refractivity contribution in [3.63, 3.8) is 0 Å². The summed E-state index contributed by atoms with van der Waals surface area (Å²) in [6.45, 7) is 4.98. The minimum atomic E-state index is -0.382. The average Bonchev–Trinajstić information content (AvgIpc) is 3.12. The van der Waals surface area contributed by atoms with Crippen molar-refractivity contribution in [2.45, 2.75) is 45.1 Å². The first kappa shape index (κ1) is 16.8. The molecule has 0 bridgehead atoms. The van der Waals surface area contributed by atoms with Gasteiger partial charge in [-0.3, -0.25) is 9.59 Å². The Morgan fingerprint density at radius 3 is 2.73 bits per heavy atom. The smallest absolute Gasteiger partial charge is 0.231 e. The van der Waals surface area contributed by atoms with Gasteiger partial charge in [-0.2, -0.15) is 0 Å². The molecule has 2 aromatic carbocycles. The second kappa shape index (κ2) is 6.60. The molecule has 2 aliphatic heterocycles. The molecule has 4 rings (SSSR count). The van der Waals surface area contributed by atoms with E-state index in [-0.39, 0.29) is 30.2 Å². The highest BCUT2D eigenvalue weighted by Crippen LogP contribution is 2.39. The highest BCUT2D eigenvalue weighted by Gasteiger charge is 2.38. The third kappa shape index (κ3) is 2.90. The molecule has 0 aromatic heterocycles. The highest BCUT2D eigenvalue weighted by molar-refractivity contribution is 6.01. The summed E-state index contributed by atoms with van der Waals surface area (Å²) in [5, 5.41) is 2.88. The maximum Gasteiger partial charge on any atom is 0.231 e. The van der Waals surface area contributed by atoms with Crippen LogP contribution in [0.2, 0.25) is 0 Å². The van der Waals surface area contributed by atoms with Crippen LogP contribution in [0.5, 0.6) is 0 Å². The van der Waals surface area contributed by atoms with Gasteiger partial charge in [0.25, 0.3) is 0 Å². The molecule has 0 aliphatic carbocycles. The van der Waals surface area contributed by atoms with Crippen LogP contribution in [0, 0.1) is 13.8 Å². The lowest BCUT2D eigenvalue weighted by molar-refractivity contribution is -0.135. The van der Waals surface area contributed by atoms with Gasteiger partial charge >= 0.3 is 0 Å². The molecule has 2 aromatic rings. The number of nitrogens with zero attached hydrogens (tertiary/aromatic N) is 1. The Morgan fingerprint density at radius 2 is 1.92 bits per heavy atom. The molecule has 26 heavy (non-hydrogen) atoms. The number of nitrogens with one attached hydrogen (secondary N) is 1. The standard InChI is InChI=1S/C22H24N2O2/c1-14-9-10-16(12-15(14)2)20-8-5-11-24(20)22(26)18-13-21(25)23-19-7-4-3-6-17(18)19/h3-4,6-7,9-10,12,18,20H,5,8,11,13H2,1-2H3,(H,23,25)/t18-,20-/m1/s1. The predicted molar refractivity (Wildman–Crippen MR) is 102 cm³/mol. The highest BCUT2D eigenvalue weighted by atomic mass is 16.2. The third-order valence-corrected chi connectivity index (χ3v) is 5.75. The van der Waals surface area contributed by atoms with Gasteiger partial charge in [0.1, 0.15) is 0 Å². The van der Waals surface area contributed by atoms with Gasteiger partial charge in [0, 0.05) is 18.7 Å². The Labute approximate surface area is 154 Å². The molecule has 0 saturated carbocycles. The van der Waals surface area contributed by atoms with Crippen LogP contribution < -0.4 is 5.32 Å². The van der Waals surface area contributed by atoms with E-state index < -0.39 is 0 Å². The van der Waals surface area contributed by atoms with E-state index in [2.05, 4.69) is 37.4 Å². The number of rotatable bonds is 2. The number of benzene rings is 2. The van der Waals surface area contributed by atoms with Crippen LogP contribution in [-0.2, 0) is 9.59 Å². The summed E-state index contributed by atoms with van der Waals surface area (Å²) < 4.78 is 0. The first-order valence-corrected chi connectivity index (χ1v) is 9.31. The van der Waals surface area contributed by atoms with E-state index in [1.807, 2.05) is 29.2 Å². The minimum absolute atomic E-state index is 0.0769. The topological polar surface area (TPSA) is 49.4 Å². The van der Waals surface area contributed by atoms with Gasteiger partial charge < -0.3 is 10.2 Å². The summed E-state index contributed by atoms with van der Waals surface area (Å²) >= 11 is 0. The quantitative estimate of drug-likeness (QED) is 0.888. The van der Waals surface area contributed by atoms with Crippen LogP contribution in [0.1, 0.15) is 53.5 Å². The maximum absolute atomic E-state index is 13.4. The Kier molecular flexibility index (Phi) is 4.27. The van der Waals surface area contributed by atoms with Crippen molar-refractivity contribution in [3.05, 3.63) is 64.7 Å². The SMILES string of the molecule is Cc1ccc([C@H]2CCCN2C(=O)[C@@H]2CC(=O)Nc3ccccc32)cc1C. The van der Waals surface area contributed by atoms with Crippen molar-refractivity contribution in [3.8, 4) is 0 Å². The van der Waals surface area contributed by atoms with Crippen molar-refractivity contribution in [1.29, 1.82) is 0 Å². The van der Waals surface area contributed by atoms with Gasteiger partial charge in [-0.05, 0) is 55.0 Å². The van der Waals surface area contributed by atoms with E-state index in [4.69, 9.17) is 0 Å². The largest absolute Gasteiger partial charge is 0.335 e. The lowest BCUT2D eigenvalue weighted by Gasteiger charge is -2.32. The number of fused-ring (bicyclic) bond motifs is 1. The fourth-order valence-corrected chi connectivity index (χ4v) is 4.18. The fraction of sp³-hybridized carbons (Fsp3) is 0.364. The molecule has 0 unspecified atom stereocenters. The second-order valence-corrected chi connectivity index (χ2v) is 7.43. The van der Waals surface area contributed by atoms with E-state index in [9.17, 15) is 9.59 Å². The molecule has 2 aliphatic rings. The zero-order chi connectivity index (χ0) is 18.3. The van der Waals surface area contributed by atoms with Gasteiger partial charge in [-0.15, -0.1) is 0 Å². The van der Waals surface area contributed by atoms with Crippen LogP contribution in [0.25, 0.3) is 0 Å². The molecule has 4 heteroatoms. The Hall–Kier alpha value is -2.62. The summed E-state index contributed by atoms with van der Waals surface area (Å²) in [7, 11) is 0. The van der Waals surface area contributed by atoms with Crippen LogP contribution in [-0.4, -0.2) is 23.3 Å².